The lowest BCUT2D eigenvalue weighted by atomic mass is 9.89. The number of carbonyl (C=O) groups is 1. The van der Waals surface area contributed by atoms with Gasteiger partial charge in [0.15, 0.2) is 0 Å². The van der Waals surface area contributed by atoms with E-state index in [1.807, 2.05) is 0 Å². The van der Waals surface area contributed by atoms with Gasteiger partial charge in [-0.05, 0) is 37.2 Å². The van der Waals surface area contributed by atoms with Gasteiger partial charge in [0.25, 0.3) is 5.71 Å². The van der Waals surface area contributed by atoms with Crippen molar-refractivity contribution in [2.75, 3.05) is 13.1 Å². The van der Waals surface area contributed by atoms with Gasteiger partial charge in [-0.25, -0.2) is 10.4 Å². The van der Waals surface area contributed by atoms with Crippen LogP contribution in [-0.2, 0) is 11.0 Å². The second kappa shape index (κ2) is 8.62. The summed E-state index contributed by atoms with van der Waals surface area (Å²) in [5.41, 5.74) is 6.08. The van der Waals surface area contributed by atoms with Gasteiger partial charge in [-0.15, -0.1) is 0 Å². The Labute approximate surface area is 185 Å². The maximum Gasteiger partial charge on any atom is 0.417 e. The number of halogens is 3. The van der Waals surface area contributed by atoms with Gasteiger partial charge in [0.2, 0.25) is 5.91 Å². The molecular formula is C22H30F3N5O2. The van der Waals surface area contributed by atoms with Crippen molar-refractivity contribution in [3.8, 4) is 0 Å². The molecule has 176 valence electrons. The number of piperidine rings is 1. The summed E-state index contributed by atoms with van der Waals surface area (Å²) in [5.74, 6) is -0.191. The van der Waals surface area contributed by atoms with Gasteiger partial charge in [0.05, 0.1) is 16.6 Å². The number of hydrogen-bond donors (Lipinski definition) is 2. The first-order valence-electron chi connectivity index (χ1n) is 11.3. The summed E-state index contributed by atoms with van der Waals surface area (Å²) < 4.78 is 46.8. The molecule has 0 bridgehead atoms. The molecule has 32 heavy (non-hydrogen) atoms. The lowest BCUT2D eigenvalue weighted by Gasteiger charge is -2.33. The summed E-state index contributed by atoms with van der Waals surface area (Å²) in [4.78, 5) is 19.1. The van der Waals surface area contributed by atoms with Crippen molar-refractivity contribution >= 4 is 17.0 Å². The van der Waals surface area contributed by atoms with E-state index in [2.05, 4.69) is 34.8 Å². The molecule has 2 aromatic heterocycles. The highest BCUT2D eigenvalue weighted by atomic mass is 19.4. The quantitative estimate of drug-likeness (QED) is 0.729. The highest BCUT2D eigenvalue weighted by Gasteiger charge is 2.41. The SMILES string of the molecule is CCC1NNC(C(=O)N2CCC(c3noc4nc(C(C)C)cc(C(F)(F)F)c34)CC2)C1C. The van der Waals surface area contributed by atoms with E-state index < -0.39 is 11.7 Å². The van der Waals surface area contributed by atoms with Crippen LogP contribution >= 0.6 is 0 Å². The second-order valence-electron chi connectivity index (χ2n) is 9.23. The van der Waals surface area contributed by atoms with Crippen LogP contribution in [0.15, 0.2) is 10.6 Å². The number of hydrogen-bond acceptors (Lipinski definition) is 6. The number of hydrazine groups is 1. The number of nitrogens with zero attached hydrogens (tertiary/aromatic N) is 3. The molecule has 0 saturated carbocycles. The van der Waals surface area contributed by atoms with Gasteiger partial charge in [-0.2, -0.15) is 13.2 Å². The molecule has 3 unspecified atom stereocenters. The lowest BCUT2D eigenvalue weighted by molar-refractivity contribution is -0.136. The smallest absolute Gasteiger partial charge is 0.341 e. The van der Waals surface area contributed by atoms with Crippen LogP contribution in [-0.4, -0.2) is 46.1 Å². The van der Waals surface area contributed by atoms with Crippen LogP contribution in [0.1, 0.15) is 75.7 Å². The Morgan fingerprint density at radius 2 is 1.97 bits per heavy atom. The minimum absolute atomic E-state index is 0.0311. The van der Waals surface area contributed by atoms with Crippen LogP contribution < -0.4 is 10.9 Å². The average Bonchev–Trinajstić information content (AvgIpc) is 3.35. The van der Waals surface area contributed by atoms with E-state index >= 15 is 0 Å². The number of alkyl halides is 3. The van der Waals surface area contributed by atoms with Crippen LogP contribution in [0.4, 0.5) is 13.2 Å². The topological polar surface area (TPSA) is 83.3 Å². The first-order chi connectivity index (χ1) is 15.1. The molecule has 7 nitrogen and oxygen atoms in total. The highest BCUT2D eigenvalue weighted by molar-refractivity contribution is 5.83. The predicted octanol–water partition coefficient (Wildman–Crippen LogP) is 3.96. The van der Waals surface area contributed by atoms with Crippen molar-refractivity contribution < 1.29 is 22.5 Å². The maximum absolute atomic E-state index is 13.9. The number of aromatic nitrogens is 2. The van der Waals surface area contributed by atoms with Crippen LogP contribution in [0.5, 0.6) is 0 Å². The molecule has 2 aromatic rings. The molecule has 2 aliphatic rings. The zero-order chi connectivity index (χ0) is 23.2. The molecule has 3 atom stereocenters. The molecule has 1 amide bonds. The van der Waals surface area contributed by atoms with E-state index in [0.717, 1.165) is 12.5 Å². The Hall–Kier alpha value is -2.20. The molecule has 0 aromatic carbocycles. The molecule has 4 heterocycles. The minimum atomic E-state index is -4.53. The van der Waals surface area contributed by atoms with E-state index in [0.29, 0.717) is 37.3 Å². The van der Waals surface area contributed by atoms with Crippen molar-refractivity contribution in [3.05, 3.63) is 23.0 Å². The van der Waals surface area contributed by atoms with Crippen molar-refractivity contribution in [2.24, 2.45) is 5.92 Å². The van der Waals surface area contributed by atoms with Crippen molar-refractivity contribution in [2.45, 2.75) is 77.1 Å². The molecular weight excluding hydrogens is 423 g/mol. The van der Waals surface area contributed by atoms with E-state index in [1.54, 1.807) is 18.7 Å². The van der Waals surface area contributed by atoms with E-state index in [1.165, 1.54) is 0 Å². The number of amides is 1. The van der Waals surface area contributed by atoms with Crippen LogP contribution in [0.2, 0.25) is 0 Å². The molecule has 0 spiro atoms. The maximum atomic E-state index is 13.9. The molecule has 2 fully saturated rings. The fourth-order valence-corrected chi connectivity index (χ4v) is 4.81. The zero-order valence-electron chi connectivity index (χ0n) is 18.8. The number of likely N-dealkylation sites (tertiary alicyclic amines) is 1. The Balaban J connectivity index is 1.54. The van der Waals surface area contributed by atoms with Crippen LogP contribution in [0.3, 0.4) is 0 Å². The van der Waals surface area contributed by atoms with Gasteiger partial charge < -0.3 is 9.42 Å². The molecule has 2 saturated heterocycles. The van der Waals surface area contributed by atoms with E-state index in [-0.39, 0.29) is 46.8 Å². The largest absolute Gasteiger partial charge is 0.417 e. The molecule has 0 radical (unpaired) electrons. The third-order valence-electron chi connectivity index (χ3n) is 6.87. The number of fused-ring (bicyclic) bond motifs is 1. The first-order valence-corrected chi connectivity index (χ1v) is 11.3. The zero-order valence-corrected chi connectivity index (χ0v) is 18.8. The fraction of sp³-hybridized carbons (Fsp3) is 0.682. The summed E-state index contributed by atoms with van der Waals surface area (Å²) in [6, 6.07) is 1.06. The minimum Gasteiger partial charge on any atom is -0.341 e. The second-order valence-corrected chi connectivity index (χ2v) is 9.23. The highest BCUT2D eigenvalue weighted by Crippen LogP contribution is 2.41. The van der Waals surface area contributed by atoms with Gasteiger partial charge in [-0.3, -0.25) is 10.2 Å². The molecule has 4 rings (SSSR count). The van der Waals surface area contributed by atoms with E-state index in [4.69, 9.17) is 4.52 Å². The Morgan fingerprint density at radius 3 is 2.53 bits per heavy atom. The van der Waals surface area contributed by atoms with Gasteiger partial charge in [-0.1, -0.05) is 32.9 Å². The number of carbonyl (C=O) groups excluding carboxylic acids is 1. The molecule has 2 N–H and O–H groups in total. The Bertz CT molecular complexity index is 982. The van der Waals surface area contributed by atoms with E-state index in [9.17, 15) is 18.0 Å². The lowest BCUT2D eigenvalue weighted by Crippen LogP contribution is -2.49. The van der Waals surface area contributed by atoms with Crippen LogP contribution in [0, 0.1) is 5.92 Å². The summed E-state index contributed by atoms with van der Waals surface area (Å²) in [7, 11) is 0. The summed E-state index contributed by atoms with van der Waals surface area (Å²) >= 11 is 0. The summed E-state index contributed by atoms with van der Waals surface area (Å²) in [6.45, 7) is 8.64. The number of pyridine rings is 1. The first kappa shape index (κ1) is 23.0. The predicted molar refractivity (Wildman–Crippen MR) is 113 cm³/mol. The third-order valence-corrected chi connectivity index (χ3v) is 6.87. The van der Waals surface area contributed by atoms with Gasteiger partial charge in [0, 0.05) is 30.7 Å². The average molecular weight is 454 g/mol. The standard InChI is InChI=1S/C22H30F3N5O2/c1-5-15-12(4)18(28-27-15)21(31)30-8-6-13(7-9-30)19-17-14(22(23,24)25)10-16(11(2)3)26-20(17)32-29-19/h10-13,15,18,27-28H,5-9H2,1-4H3. The van der Waals surface area contributed by atoms with Gasteiger partial charge >= 0.3 is 6.18 Å². The normalized spacial score (nSPS) is 25.2. The van der Waals surface area contributed by atoms with Crippen molar-refractivity contribution in [3.63, 3.8) is 0 Å². The fourth-order valence-electron chi connectivity index (χ4n) is 4.81. The molecule has 0 aliphatic carbocycles. The molecule has 2 aliphatic heterocycles. The van der Waals surface area contributed by atoms with Crippen LogP contribution in [0.25, 0.3) is 11.1 Å². The Morgan fingerprint density at radius 1 is 1.28 bits per heavy atom. The third kappa shape index (κ3) is 4.10. The van der Waals surface area contributed by atoms with Crippen molar-refractivity contribution in [1.82, 2.24) is 25.9 Å². The van der Waals surface area contributed by atoms with Crippen molar-refractivity contribution in [1.29, 1.82) is 0 Å². The Kier molecular flexibility index (Phi) is 6.19. The van der Waals surface area contributed by atoms with Gasteiger partial charge in [0.1, 0.15) is 6.04 Å². The summed E-state index contributed by atoms with van der Waals surface area (Å²) in [6.07, 6.45) is -2.55. The molecule has 10 heteroatoms. The number of rotatable bonds is 4. The summed E-state index contributed by atoms with van der Waals surface area (Å²) in [5, 5.41) is 3.96. The number of nitrogens with one attached hydrogen (secondary N) is 2. The monoisotopic (exact) mass is 453 g/mol.